The van der Waals surface area contributed by atoms with E-state index in [2.05, 4.69) is 4.52 Å². The van der Waals surface area contributed by atoms with Gasteiger partial charge in [0.2, 0.25) is 5.82 Å². The lowest BCUT2D eigenvalue weighted by molar-refractivity contribution is 0.276. The summed E-state index contributed by atoms with van der Waals surface area (Å²) < 4.78 is 116. The van der Waals surface area contributed by atoms with Crippen LogP contribution in [-0.4, -0.2) is 43.6 Å². The molecule has 0 saturated heterocycles. The molecule has 0 fully saturated rings. The summed E-state index contributed by atoms with van der Waals surface area (Å²) in [4.78, 5) is 16.0. The first kappa shape index (κ1) is 26.8. The molecule has 0 aliphatic rings. The highest BCUT2D eigenvalue weighted by Gasteiger charge is 2.37. The van der Waals surface area contributed by atoms with Gasteiger partial charge in [-0.2, -0.15) is 0 Å². The molecule has 0 saturated carbocycles. The highest BCUT2D eigenvalue weighted by Crippen LogP contribution is 2.44. The monoisotopic (exact) mass is 521 g/mol. The van der Waals surface area contributed by atoms with E-state index in [1.54, 1.807) is 0 Å². The molecule has 0 spiro atoms. The predicted octanol–water partition coefficient (Wildman–Crippen LogP) is 2.83. The Labute approximate surface area is 184 Å². The van der Waals surface area contributed by atoms with Crippen molar-refractivity contribution in [1.82, 2.24) is 0 Å². The van der Waals surface area contributed by atoms with Crippen molar-refractivity contribution >= 4 is 23.5 Å². The van der Waals surface area contributed by atoms with E-state index >= 15 is 0 Å². The third kappa shape index (κ3) is 5.73. The van der Waals surface area contributed by atoms with Crippen LogP contribution in [0.15, 0.2) is 23.1 Å². The van der Waals surface area contributed by atoms with Crippen LogP contribution in [0.2, 0.25) is 0 Å². The summed E-state index contributed by atoms with van der Waals surface area (Å²) in [6, 6.07) is 2.70. The smallest absolute Gasteiger partial charge is 0.493 e. The standard InChI is InChI=1S/C17H17F5NO8PS/c1-30-10-5-4-9(8-11(10)31-32(25,26)27)23(6-2-3-7-24)33(28,29)17-15(21)13(19)12(18)14(20)16(17)22/h4-5,8,24H,2-3,6-7H2,1H3,(H2,25,26,27). The Kier molecular flexibility index (Phi) is 8.30. The summed E-state index contributed by atoms with van der Waals surface area (Å²) in [7, 11) is -9.56. The van der Waals surface area contributed by atoms with Gasteiger partial charge in [-0.05, 0) is 25.0 Å². The third-order valence-corrected chi connectivity index (χ3v) is 6.42. The summed E-state index contributed by atoms with van der Waals surface area (Å²) in [6.45, 7) is -1.03. The van der Waals surface area contributed by atoms with Gasteiger partial charge >= 0.3 is 7.82 Å². The third-order valence-electron chi connectivity index (χ3n) is 4.14. The number of phosphoric ester groups is 1. The van der Waals surface area contributed by atoms with E-state index in [0.29, 0.717) is 0 Å². The molecule has 0 aromatic heterocycles. The summed E-state index contributed by atoms with van der Waals surface area (Å²) in [5.74, 6) is -13.7. The zero-order valence-corrected chi connectivity index (χ0v) is 18.3. The molecular formula is C17H17F5NO8PS. The zero-order valence-electron chi connectivity index (χ0n) is 16.6. The maximum Gasteiger partial charge on any atom is 0.524 e. The van der Waals surface area contributed by atoms with Gasteiger partial charge in [-0.1, -0.05) is 0 Å². The molecule has 2 rings (SSSR count). The fourth-order valence-electron chi connectivity index (χ4n) is 2.70. The number of anilines is 1. The van der Waals surface area contributed by atoms with E-state index in [1.165, 1.54) is 0 Å². The van der Waals surface area contributed by atoms with Crippen LogP contribution < -0.4 is 13.6 Å². The topological polar surface area (TPSA) is 134 Å². The van der Waals surface area contributed by atoms with Gasteiger partial charge in [0, 0.05) is 19.2 Å². The molecule has 0 aliphatic heterocycles. The van der Waals surface area contributed by atoms with E-state index in [9.17, 15) is 34.9 Å². The molecule has 0 heterocycles. The minimum Gasteiger partial charge on any atom is -0.493 e. The minimum atomic E-state index is -5.47. The molecule has 16 heteroatoms. The number of hydrogen-bond acceptors (Lipinski definition) is 6. The summed E-state index contributed by atoms with van der Waals surface area (Å²) in [5, 5.41) is 8.95. The van der Waals surface area contributed by atoms with Gasteiger partial charge in [-0.25, -0.2) is 34.9 Å². The van der Waals surface area contributed by atoms with Gasteiger partial charge in [0.15, 0.2) is 39.7 Å². The highest BCUT2D eigenvalue weighted by atomic mass is 32.2. The molecule has 2 aromatic carbocycles. The van der Waals surface area contributed by atoms with Crippen molar-refractivity contribution in [2.45, 2.75) is 17.7 Å². The SMILES string of the molecule is COc1ccc(N(CCCCO)S(=O)(=O)c2c(F)c(F)c(F)c(F)c2F)cc1OP(=O)(O)O. The van der Waals surface area contributed by atoms with Crippen LogP contribution >= 0.6 is 7.82 Å². The van der Waals surface area contributed by atoms with Gasteiger partial charge in [-0.15, -0.1) is 0 Å². The quantitative estimate of drug-likeness (QED) is 0.143. The van der Waals surface area contributed by atoms with E-state index in [0.717, 1.165) is 25.3 Å². The predicted molar refractivity (Wildman–Crippen MR) is 103 cm³/mol. The van der Waals surface area contributed by atoms with Crippen molar-refractivity contribution in [3.63, 3.8) is 0 Å². The molecule has 0 aliphatic carbocycles. The number of hydrogen-bond donors (Lipinski definition) is 3. The van der Waals surface area contributed by atoms with Gasteiger partial charge in [0.1, 0.15) is 0 Å². The van der Waals surface area contributed by atoms with Crippen molar-refractivity contribution in [3.8, 4) is 11.5 Å². The molecule has 0 radical (unpaired) electrons. The second-order valence-electron chi connectivity index (χ2n) is 6.32. The van der Waals surface area contributed by atoms with Gasteiger partial charge < -0.3 is 14.4 Å². The van der Waals surface area contributed by atoms with E-state index < -0.39 is 76.4 Å². The summed E-state index contributed by atoms with van der Waals surface area (Å²) in [6.07, 6.45) is -0.142. The van der Waals surface area contributed by atoms with E-state index in [-0.39, 0.29) is 22.9 Å². The molecular weight excluding hydrogens is 504 g/mol. The maximum atomic E-state index is 14.3. The number of aliphatic hydroxyl groups excluding tert-OH is 1. The fourth-order valence-corrected chi connectivity index (χ4v) is 4.71. The number of benzene rings is 2. The first-order valence-electron chi connectivity index (χ1n) is 8.84. The number of halogens is 5. The number of aliphatic hydroxyl groups is 1. The van der Waals surface area contributed by atoms with Gasteiger partial charge in [0.05, 0.1) is 12.8 Å². The van der Waals surface area contributed by atoms with Crippen LogP contribution in [0.4, 0.5) is 27.6 Å². The van der Waals surface area contributed by atoms with E-state index in [4.69, 9.17) is 19.6 Å². The van der Waals surface area contributed by atoms with Crippen LogP contribution in [0.25, 0.3) is 0 Å². The number of nitrogens with zero attached hydrogens (tertiary/aromatic N) is 1. The van der Waals surface area contributed by atoms with Crippen LogP contribution in [0.5, 0.6) is 11.5 Å². The van der Waals surface area contributed by atoms with Crippen LogP contribution in [0.3, 0.4) is 0 Å². The Morgan fingerprint density at radius 2 is 1.48 bits per heavy atom. The Morgan fingerprint density at radius 3 is 1.97 bits per heavy atom. The number of sulfonamides is 1. The number of methoxy groups -OCH3 is 1. The number of phosphoric acid groups is 1. The lowest BCUT2D eigenvalue weighted by Gasteiger charge is -2.26. The molecule has 0 unspecified atom stereocenters. The maximum absolute atomic E-state index is 14.3. The number of rotatable bonds is 10. The average molecular weight is 521 g/mol. The zero-order chi connectivity index (χ0) is 25.1. The molecule has 0 atom stereocenters. The lowest BCUT2D eigenvalue weighted by Crippen LogP contribution is -2.34. The first-order chi connectivity index (χ1) is 15.3. The summed E-state index contributed by atoms with van der Waals surface area (Å²) in [5.41, 5.74) is -0.513. The minimum absolute atomic E-state index is 0.00881. The Balaban J connectivity index is 2.74. The van der Waals surface area contributed by atoms with Crippen molar-refractivity contribution in [1.29, 1.82) is 0 Å². The van der Waals surface area contributed by atoms with Gasteiger partial charge in [-0.3, -0.25) is 14.1 Å². The van der Waals surface area contributed by atoms with Crippen molar-refractivity contribution in [2.75, 3.05) is 24.6 Å². The molecule has 0 bridgehead atoms. The molecule has 2 aromatic rings. The van der Waals surface area contributed by atoms with E-state index in [1.807, 2.05) is 0 Å². The van der Waals surface area contributed by atoms with Crippen molar-refractivity contribution in [3.05, 3.63) is 47.3 Å². The molecule has 184 valence electrons. The van der Waals surface area contributed by atoms with Crippen molar-refractivity contribution < 1.29 is 59.1 Å². The molecule has 3 N–H and O–H groups in total. The number of ether oxygens (including phenoxy) is 1. The highest BCUT2D eigenvalue weighted by molar-refractivity contribution is 7.92. The average Bonchev–Trinajstić information content (AvgIpc) is 2.72. The van der Waals surface area contributed by atoms with Crippen molar-refractivity contribution in [2.24, 2.45) is 0 Å². The van der Waals surface area contributed by atoms with Gasteiger partial charge in [0.25, 0.3) is 10.0 Å². The number of unbranched alkanes of at least 4 members (excludes halogenated alkanes) is 1. The summed E-state index contributed by atoms with van der Waals surface area (Å²) >= 11 is 0. The second kappa shape index (κ2) is 10.2. The molecule has 9 nitrogen and oxygen atoms in total. The molecule has 0 amide bonds. The molecule has 33 heavy (non-hydrogen) atoms. The van der Waals surface area contributed by atoms with Crippen LogP contribution in [-0.2, 0) is 14.6 Å². The normalized spacial score (nSPS) is 12.0. The first-order valence-corrected chi connectivity index (χ1v) is 11.8. The lowest BCUT2D eigenvalue weighted by atomic mass is 10.2. The second-order valence-corrected chi connectivity index (χ2v) is 9.29. The van der Waals surface area contributed by atoms with Crippen LogP contribution in [0, 0.1) is 29.1 Å². The largest absolute Gasteiger partial charge is 0.524 e. The van der Waals surface area contributed by atoms with Crippen LogP contribution in [0.1, 0.15) is 12.8 Å². The Hall–Kier alpha value is -2.45. The Morgan fingerprint density at radius 1 is 0.939 bits per heavy atom. The fraction of sp³-hybridized carbons (Fsp3) is 0.294. The Bertz CT molecular complexity index is 1160.